The number of ether oxygens (including phenoxy) is 1. The number of rotatable bonds is 7. The highest BCUT2D eigenvalue weighted by Crippen LogP contribution is 2.53. The summed E-state index contributed by atoms with van der Waals surface area (Å²) in [6.07, 6.45) is 6.46. The van der Waals surface area contributed by atoms with Crippen LogP contribution < -0.4 is 19.9 Å². The minimum Gasteiger partial charge on any atom is -0.490 e. The predicted octanol–water partition coefficient (Wildman–Crippen LogP) is 6.84. The van der Waals surface area contributed by atoms with Crippen molar-refractivity contribution in [2.75, 3.05) is 29.4 Å². The van der Waals surface area contributed by atoms with Gasteiger partial charge in [-0.3, -0.25) is 4.79 Å². The number of carboxylic acids is 1. The van der Waals surface area contributed by atoms with Crippen LogP contribution in [0.4, 0.5) is 35.1 Å². The maximum Gasteiger partial charge on any atom is 0.434 e. The molecule has 282 valence electrons. The average Bonchev–Trinajstić information content (AvgIpc) is 3.58. The molecule has 53 heavy (non-hydrogen) atoms. The Hall–Kier alpha value is -4.56. The Balaban J connectivity index is 1.05. The van der Waals surface area contributed by atoms with Crippen molar-refractivity contribution in [1.82, 2.24) is 25.3 Å². The van der Waals surface area contributed by atoms with Crippen LogP contribution in [0.1, 0.15) is 99.2 Å². The third-order valence-corrected chi connectivity index (χ3v) is 12.3. The van der Waals surface area contributed by atoms with Gasteiger partial charge >= 0.3 is 12.1 Å². The van der Waals surface area contributed by atoms with Crippen LogP contribution >= 0.6 is 0 Å². The molecule has 8 rings (SSSR count). The molecule has 0 radical (unpaired) electrons. The van der Waals surface area contributed by atoms with E-state index < -0.39 is 40.7 Å². The molecule has 4 atom stereocenters. The minimum absolute atomic E-state index is 0.0756. The van der Waals surface area contributed by atoms with Crippen LogP contribution in [0.25, 0.3) is 0 Å². The molecule has 2 aromatic heterocycles. The van der Waals surface area contributed by atoms with Gasteiger partial charge in [-0.1, -0.05) is 26.2 Å². The van der Waals surface area contributed by atoms with E-state index in [-0.39, 0.29) is 41.6 Å². The molecular formula is C38H43F4N7O4. The number of carboxylic acid groups (broad SMARTS) is 1. The number of nitrogens with zero attached hydrogens (tertiary/aromatic N) is 6. The van der Waals surface area contributed by atoms with Crippen LogP contribution in [0.3, 0.4) is 0 Å². The largest absolute Gasteiger partial charge is 0.490 e. The predicted molar refractivity (Wildman–Crippen MR) is 186 cm³/mol. The molecule has 4 heterocycles. The fourth-order valence-corrected chi connectivity index (χ4v) is 9.95. The molecule has 3 aromatic rings. The molecule has 2 bridgehead atoms. The van der Waals surface area contributed by atoms with Gasteiger partial charge in [0.25, 0.3) is 5.91 Å². The van der Waals surface area contributed by atoms with E-state index in [2.05, 4.69) is 25.3 Å². The second-order valence-electron chi connectivity index (χ2n) is 15.9. The van der Waals surface area contributed by atoms with E-state index in [1.807, 2.05) is 30.0 Å². The van der Waals surface area contributed by atoms with Gasteiger partial charge in [-0.15, -0.1) is 0 Å². The van der Waals surface area contributed by atoms with E-state index in [1.54, 1.807) is 4.90 Å². The maximum atomic E-state index is 14.7. The van der Waals surface area contributed by atoms with Crippen molar-refractivity contribution in [2.24, 2.45) is 17.8 Å². The lowest BCUT2D eigenvalue weighted by Crippen LogP contribution is -2.57. The summed E-state index contributed by atoms with van der Waals surface area (Å²) >= 11 is 0. The molecule has 11 nitrogen and oxygen atoms in total. The van der Waals surface area contributed by atoms with Gasteiger partial charge in [-0.05, 0) is 80.0 Å². The van der Waals surface area contributed by atoms with E-state index in [9.17, 15) is 32.3 Å². The first kappa shape index (κ1) is 35.5. The van der Waals surface area contributed by atoms with Gasteiger partial charge in [0.15, 0.2) is 11.5 Å². The van der Waals surface area contributed by atoms with Crippen LogP contribution in [0.15, 0.2) is 36.8 Å². The van der Waals surface area contributed by atoms with Gasteiger partial charge in [-0.2, -0.15) is 13.2 Å². The topological polar surface area (TPSA) is 134 Å². The first-order chi connectivity index (χ1) is 25.3. The Labute approximate surface area is 304 Å². The van der Waals surface area contributed by atoms with Crippen LogP contribution in [0.5, 0.6) is 5.75 Å². The number of aliphatic carboxylic acids is 1. The number of carbonyl (C=O) groups is 2. The quantitative estimate of drug-likeness (QED) is 0.249. The number of anilines is 3. The Kier molecular flexibility index (Phi) is 8.96. The first-order valence-corrected chi connectivity index (χ1v) is 18.6. The summed E-state index contributed by atoms with van der Waals surface area (Å²) in [7, 11) is 0. The van der Waals surface area contributed by atoms with Gasteiger partial charge in [0.2, 0.25) is 11.9 Å². The summed E-state index contributed by atoms with van der Waals surface area (Å²) in [6, 6.07) is 5.68. The molecule has 1 spiro atoms. The minimum atomic E-state index is -5.00. The maximum absolute atomic E-state index is 14.7. The van der Waals surface area contributed by atoms with Gasteiger partial charge in [0.05, 0.1) is 18.0 Å². The summed E-state index contributed by atoms with van der Waals surface area (Å²) in [5, 5.41) is 12.8. The highest BCUT2D eigenvalue weighted by molar-refractivity contribution is 5.99. The zero-order valence-electron chi connectivity index (χ0n) is 29.5. The SMILES string of the molecule is CC1CC2CC(C1)C(NC(=O)c1cnc(N3CC4(CCCCC4)c4cc(OC5CCN(c6ncc(F)cn6)CC5)ccc43)nc1C(F)(F)F)(C(=O)O)C2. The number of carbonyl (C=O) groups excluding carboxylic acids is 1. The standard InChI is InChI=1S/C38H43F4N7O4/c1-22-13-23-15-24(14-22)37(17-23,33(51)52)47-32(50)28-20-45-35(46-31(28)38(40,41)42)49-21-36(9-3-2-4-10-36)29-16-27(5-6-30(29)49)53-26-7-11-48(12-8-26)34-43-18-25(39)19-44-34/h5-6,16,18-20,22-24,26H,2-4,7-15,17,21H2,1H3,(H,47,50)(H,51,52). The van der Waals surface area contributed by atoms with Gasteiger partial charge in [0.1, 0.15) is 17.4 Å². The highest BCUT2D eigenvalue weighted by atomic mass is 19.4. The van der Waals surface area contributed by atoms with E-state index in [1.165, 1.54) is 0 Å². The van der Waals surface area contributed by atoms with Crippen molar-refractivity contribution in [2.45, 2.75) is 101 Å². The normalized spacial score (nSPS) is 26.8. The summed E-state index contributed by atoms with van der Waals surface area (Å²) < 4.78 is 63.9. The van der Waals surface area contributed by atoms with Crippen molar-refractivity contribution < 1.29 is 37.0 Å². The fraction of sp³-hybridized carbons (Fsp3) is 0.579. The van der Waals surface area contributed by atoms with Crippen molar-refractivity contribution in [1.29, 1.82) is 0 Å². The van der Waals surface area contributed by atoms with Crippen LogP contribution in [-0.4, -0.2) is 68.2 Å². The lowest BCUT2D eigenvalue weighted by atomic mass is 9.71. The number of hydrogen-bond acceptors (Lipinski definition) is 9. The molecule has 4 unspecified atom stereocenters. The molecular weight excluding hydrogens is 694 g/mol. The molecule has 1 aromatic carbocycles. The molecule has 2 N–H and O–H groups in total. The Morgan fingerprint density at radius 1 is 0.981 bits per heavy atom. The Morgan fingerprint density at radius 3 is 2.40 bits per heavy atom. The van der Waals surface area contributed by atoms with Gasteiger partial charge in [0, 0.05) is 49.8 Å². The molecule has 1 amide bonds. The van der Waals surface area contributed by atoms with Crippen LogP contribution in [0, 0.1) is 23.6 Å². The number of benzene rings is 1. The Morgan fingerprint density at radius 2 is 1.70 bits per heavy atom. The molecule has 15 heteroatoms. The van der Waals surface area contributed by atoms with Crippen molar-refractivity contribution >= 4 is 29.5 Å². The fourth-order valence-electron chi connectivity index (χ4n) is 9.95. The van der Waals surface area contributed by atoms with E-state index in [4.69, 9.17) is 4.74 Å². The number of alkyl halides is 3. The zero-order valence-corrected chi connectivity index (χ0v) is 29.5. The number of amides is 1. The van der Waals surface area contributed by atoms with E-state index >= 15 is 0 Å². The lowest BCUT2D eigenvalue weighted by Gasteiger charge is -2.35. The van der Waals surface area contributed by atoms with Crippen molar-refractivity contribution in [3.05, 3.63) is 59.4 Å². The van der Waals surface area contributed by atoms with E-state index in [0.717, 1.165) is 62.7 Å². The number of aromatic nitrogens is 4. The number of piperidine rings is 1. The van der Waals surface area contributed by atoms with Crippen LogP contribution in [-0.2, 0) is 16.4 Å². The van der Waals surface area contributed by atoms with Crippen LogP contribution in [0.2, 0.25) is 0 Å². The monoisotopic (exact) mass is 737 g/mol. The number of halogens is 4. The first-order valence-electron chi connectivity index (χ1n) is 18.6. The van der Waals surface area contributed by atoms with Gasteiger partial charge in [-0.25, -0.2) is 29.1 Å². The third-order valence-electron chi connectivity index (χ3n) is 12.3. The smallest absolute Gasteiger partial charge is 0.434 e. The average molecular weight is 738 g/mol. The summed E-state index contributed by atoms with van der Waals surface area (Å²) in [4.78, 5) is 46.5. The number of nitrogens with one attached hydrogen (secondary N) is 1. The van der Waals surface area contributed by atoms with Crippen molar-refractivity contribution in [3.8, 4) is 5.75 Å². The van der Waals surface area contributed by atoms with E-state index in [0.29, 0.717) is 62.7 Å². The molecule has 3 aliphatic carbocycles. The lowest BCUT2D eigenvalue weighted by molar-refractivity contribution is -0.146. The zero-order chi connectivity index (χ0) is 37.1. The highest BCUT2D eigenvalue weighted by Gasteiger charge is 2.57. The third kappa shape index (κ3) is 6.53. The second kappa shape index (κ2) is 13.4. The molecule has 5 aliphatic rings. The molecule has 4 fully saturated rings. The summed E-state index contributed by atoms with van der Waals surface area (Å²) in [6.45, 7) is 3.70. The Bertz CT molecular complexity index is 1880. The number of fused-ring (bicyclic) bond motifs is 4. The second-order valence-corrected chi connectivity index (χ2v) is 15.9. The number of hydrogen-bond donors (Lipinski definition) is 2. The summed E-state index contributed by atoms with van der Waals surface area (Å²) in [5.74, 6) is -1.87. The van der Waals surface area contributed by atoms with Crippen molar-refractivity contribution in [3.63, 3.8) is 0 Å². The molecule has 3 saturated carbocycles. The molecule has 2 aliphatic heterocycles. The summed E-state index contributed by atoms with van der Waals surface area (Å²) in [5.41, 5.74) is -2.47. The molecule has 1 saturated heterocycles. The van der Waals surface area contributed by atoms with Gasteiger partial charge < -0.3 is 25.0 Å².